The monoisotopic (exact) mass is 337 g/mol. The van der Waals surface area contributed by atoms with Crippen LogP contribution in [0.25, 0.3) is 0 Å². The number of hydrogen-bond donors (Lipinski definition) is 1. The second kappa shape index (κ2) is 7.74. The predicted octanol–water partition coefficient (Wildman–Crippen LogP) is 3.44. The van der Waals surface area contributed by atoms with E-state index in [4.69, 9.17) is 14.4 Å². The molecule has 0 heterocycles. The summed E-state index contributed by atoms with van der Waals surface area (Å²) in [5.74, 6) is -1.06. The van der Waals surface area contributed by atoms with E-state index in [-0.39, 0.29) is 5.04 Å². The van der Waals surface area contributed by atoms with Crippen molar-refractivity contribution >= 4 is 20.7 Å². The van der Waals surface area contributed by atoms with Crippen LogP contribution in [0.5, 0.6) is 0 Å². The van der Waals surface area contributed by atoms with Crippen molar-refractivity contribution in [1.82, 2.24) is 0 Å². The molecule has 1 N–H and O–H groups in total. The molecular formula is C17H27NO4Si. The number of carboxylic acid groups (broad SMARTS) is 1. The molecule has 0 aliphatic heterocycles. The summed E-state index contributed by atoms with van der Waals surface area (Å²) in [5.41, 5.74) is 0.791. The van der Waals surface area contributed by atoms with Crippen LogP contribution in [0.3, 0.4) is 0 Å². The second-order valence-electron chi connectivity index (χ2n) is 7.11. The van der Waals surface area contributed by atoms with Crippen LogP contribution < -0.4 is 0 Å². The Hall–Kier alpha value is -1.66. The van der Waals surface area contributed by atoms with E-state index in [0.29, 0.717) is 5.71 Å². The van der Waals surface area contributed by atoms with E-state index >= 15 is 0 Å². The van der Waals surface area contributed by atoms with Crippen LogP contribution in [0.15, 0.2) is 35.5 Å². The molecule has 1 aromatic rings. The van der Waals surface area contributed by atoms with Gasteiger partial charge in [-0.25, -0.2) is 4.79 Å². The van der Waals surface area contributed by atoms with Crippen LogP contribution in [0.1, 0.15) is 40.2 Å². The molecule has 1 atom stereocenters. The van der Waals surface area contributed by atoms with Crippen LogP contribution in [0.4, 0.5) is 0 Å². The summed E-state index contributed by atoms with van der Waals surface area (Å²) in [5, 5.41) is 12.9. The van der Waals surface area contributed by atoms with Gasteiger partial charge in [0.2, 0.25) is 6.61 Å². The van der Waals surface area contributed by atoms with Crippen LogP contribution in [0, 0.1) is 0 Å². The summed E-state index contributed by atoms with van der Waals surface area (Å²) in [6.45, 7) is 12.1. The third kappa shape index (κ3) is 6.15. The first-order valence-electron chi connectivity index (χ1n) is 7.69. The molecule has 0 aliphatic rings. The fourth-order valence-electron chi connectivity index (χ4n) is 1.93. The number of carbonyl (C=O) groups is 1. The van der Waals surface area contributed by atoms with Gasteiger partial charge < -0.3 is 14.4 Å². The molecule has 23 heavy (non-hydrogen) atoms. The number of benzene rings is 1. The number of rotatable bonds is 7. The first kappa shape index (κ1) is 19.4. The summed E-state index contributed by atoms with van der Waals surface area (Å²) in [6, 6.07) is 9.56. The van der Waals surface area contributed by atoms with Crippen LogP contribution >= 0.6 is 0 Å². The van der Waals surface area contributed by atoms with Crippen molar-refractivity contribution in [1.29, 1.82) is 0 Å². The van der Waals surface area contributed by atoms with E-state index < -0.39 is 27.2 Å². The summed E-state index contributed by atoms with van der Waals surface area (Å²) in [6.07, 6.45) is 0. The average Bonchev–Trinajstić information content (AvgIpc) is 2.42. The standard InChI is InChI=1S/C17H27NO4Si/c1-16(2,3)23(6)22-17(4,5)15(18-21-12-14(19)20)13-10-8-7-9-11-13/h7-11,23H,12H2,1-6H3,(H,19,20)/b18-15+. The third-order valence-electron chi connectivity index (χ3n) is 3.65. The molecule has 0 spiro atoms. The minimum atomic E-state index is -1.50. The van der Waals surface area contributed by atoms with E-state index in [1.807, 2.05) is 44.2 Å². The Bertz CT molecular complexity index is 549. The van der Waals surface area contributed by atoms with E-state index in [1.165, 1.54) is 0 Å². The molecule has 0 fully saturated rings. The minimum absolute atomic E-state index is 0.112. The van der Waals surface area contributed by atoms with Gasteiger partial charge in [0.1, 0.15) is 5.71 Å². The Balaban J connectivity index is 3.09. The first-order chi connectivity index (χ1) is 10.5. The quantitative estimate of drug-likeness (QED) is 0.470. The Kier molecular flexibility index (Phi) is 6.53. The molecule has 0 aromatic heterocycles. The maximum absolute atomic E-state index is 10.7. The Morgan fingerprint density at radius 1 is 1.17 bits per heavy atom. The van der Waals surface area contributed by atoms with Gasteiger partial charge in [0.25, 0.3) is 0 Å². The van der Waals surface area contributed by atoms with E-state index in [0.717, 1.165) is 5.56 Å². The number of oxime groups is 1. The molecule has 1 unspecified atom stereocenters. The van der Waals surface area contributed by atoms with Crippen LogP contribution in [-0.2, 0) is 14.1 Å². The number of nitrogens with zero attached hydrogens (tertiary/aromatic N) is 1. The maximum atomic E-state index is 10.7. The first-order valence-corrected chi connectivity index (χ1v) is 9.90. The second-order valence-corrected chi connectivity index (χ2v) is 10.4. The number of carboxylic acids is 1. The smallest absolute Gasteiger partial charge is 0.344 e. The van der Waals surface area contributed by atoms with E-state index in [1.54, 1.807) is 0 Å². The van der Waals surface area contributed by atoms with Crippen molar-refractivity contribution < 1.29 is 19.2 Å². The van der Waals surface area contributed by atoms with Crippen molar-refractivity contribution in [3.8, 4) is 0 Å². The highest BCUT2D eigenvalue weighted by Gasteiger charge is 2.34. The van der Waals surface area contributed by atoms with Gasteiger partial charge in [-0.1, -0.05) is 56.3 Å². The van der Waals surface area contributed by atoms with Crippen molar-refractivity contribution in [3.63, 3.8) is 0 Å². The van der Waals surface area contributed by atoms with Gasteiger partial charge in [-0.05, 0) is 25.4 Å². The zero-order chi connectivity index (χ0) is 17.7. The number of aliphatic carboxylic acids is 1. The molecule has 0 saturated heterocycles. The molecule has 6 heteroatoms. The lowest BCUT2D eigenvalue weighted by atomic mass is 9.96. The minimum Gasteiger partial charge on any atom is -0.479 e. The van der Waals surface area contributed by atoms with Crippen LogP contribution in [0.2, 0.25) is 11.6 Å². The van der Waals surface area contributed by atoms with Crippen molar-refractivity contribution in [2.45, 2.75) is 51.8 Å². The largest absolute Gasteiger partial charge is 0.479 e. The molecule has 1 rings (SSSR count). The van der Waals surface area contributed by atoms with Gasteiger partial charge in [-0.3, -0.25) is 0 Å². The van der Waals surface area contributed by atoms with Gasteiger partial charge in [-0.15, -0.1) is 0 Å². The lowest BCUT2D eigenvalue weighted by Gasteiger charge is -2.35. The summed E-state index contributed by atoms with van der Waals surface area (Å²) >= 11 is 0. The highest BCUT2D eigenvalue weighted by molar-refractivity contribution is 6.54. The van der Waals surface area contributed by atoms with Gasteiger partial charge in [0.05, 0.1) is 5.60 Å². The molecule has 5 nitrogen and oxygen atoms in total. The molecule has 1 aromatic carbocycles. The molecule has 128 valence electrons. The van der Waals surface area contributed by atoms with Gasteiger partial charge in [-0.2, -0.15) is 0 Å². The molecule has 0 amide bonds. The highest BCUT2D eigenvalue weighted by atomic mass is 28.3. The molecule has 0 radical (unpaired) electrons. The molecule has 0 bridgehead atoms. The molecular weight excluding hydrogens is 310 g/mol. The average molecular weight is 337 g/mol. The van der Waals surface area contributed by atoms with Gasteiger partial charge in [0, 0.05) is 5.56 Å². The SMILES string of the molecule is C[SiH](OC(C)(C)/C(=N/OCC(=O)O)c1ccccc1)C(C)(C)C. The normalized spacial score (nSPS) is 14.4. The van der Waals surface area contributed by atoms with Crippen molar-refractivity contribution in [2.24, 2.45) is 5.16 Å². The van der Waals surface area contributed by atoms with Gasteiger partial charge in [0.15, 0.2) is 9.04 Å². The lowest BCUT2D eigenvalue weighted by Crippen LogP contribution is -2.43. The van der Waals surface area contributed by atoms with E-state index in [9.17, 15) is 4.79 Å². The highest BCUT2D eigenvalue weighted by Crippen LogP contribution is 2.31. The molecule has 0 saturated carbocycles. The summed E-state index contributed by atoms with van der Waals surface area (Å²) in [7, 11) is -1.50. The zero-order valence-electron chi connectivity index (χ0n) is 14.8. The lowest BCUT2D eigenvalue weighted by molar-refractivity contribution is -0.142. The zero-order valence-corrected chi connectivity index (χ0v) is 15.9. The maximum Gasteiger partial charge on any atom is 0.344 e. The fraction of sp³-hybridized carbons (Fsp3) is 0.529. The summed E-state index contributed by atoms with van der Waals surface area (Å²) in [4.78, 5) is 15.6. The Labute approximate surface area is 140 Å². The summed E-state index contributed by atoms with van der Waals surface area (Å²) < 4.78 is 6.36. The Morgan fingerprint density at radius 2 is 1.74 bits per heavy atom. The van der Waals surface area contributed by atoms with Crippen LogP contribution in [-0.4, -0.2) is 38.0 Å². The van der Waals surface area contributed by atoms with Crippen molar-refractivity contribution in [3.05, 3.63) is 35.9 Å². The predicted molar refractivity (Wildman–Crippen MR) is 94.5 cm³/mol. The fourth-order valence-corrected chi connectivity index (χ4v) is 3.28. The van der Waals surface area contributed by atoms with Gasteiger partial charge >= 0.3 is 5.97 Å². The number of hydrogen-bond acceptors (Lipinski definition) is 4. The molecule has 0 aliphatic carbocycles. The topological polar surface area (TPSA) is 68.1 Å². The third-order valence-corrected chi connectivity index (χ3v) is 7.03. The van der Waals surface area contributed by atoms with Crippen molar-refractivity contribution in [2.75, 3.05) is 6.61 Å². The van der Waals surface area contributed by atoms with E-state index in [2.05, 4.69) is 32.5 Å². The Morgan fingerprint density at radius 3 is 2.22 bits per heavy atom.